The zero-order valence-corrected chi connectivity index (χ0v) is 13.1. The van der Waals surface area contributed by atoms with Gasteiger partial charge in [-0.3, -0.25) is 10.1 Å². The molecule has 0 saturated heterocycles. The third-order valence-electron chi connectivity index (χ3n) is 3.92. The molecular formula is C13H20ClN5O2. The quantitative estimate of drug-likeness (QED) is 0.494. The van der Waals surface area contributed by atoms with E-state index < -0.39 is 4.92 Å². The van der Waals surface area contributed by atoms with E-state index >= 15 is 0 Å². The third-order valence-corrected chi connectivity index (χ3v) is 4.09. The monoisotopic (exact) mass is 313 g/mol. The van der Waals surface area contributed by atoms with Gasteiger partial charge >= 0.3 is 5.69 Å². The van der Waals surface area contributed by atoms with Crippen LogP contribution in [0, 0.1) is 17.0 Å². The lowest BCUT2D eigenvalue weighted by Crippen LogP contribution is -2.33. The number of nitrogens with zero attached hydrogens (tertiary/aromatic N) is 4. The predicted molar refractivity (Wildman–Crippen MR) is 81.8 cm³/mol. The van der Waals surface area contributed by atoms with Crippen LogP contribution in [-0.2, 0) is 0 Å². The van der Waals surface area contributed by atoms with Crippen LogP contribution in [-0.4, -0.2) is 46.0 Å². The maximum Gasteiger partial charge on any atom is 0.332 e. The van der Waals surface area contributed by atoms with Crippen LogP contribution in [0.2, 0.25) is 5.28 Å². The second-order valence-corrected chi connectivity index (χ2v) is 5.72. The van der Waals surface area contributed by atoms with E-state index in [9.17, 15) is 10.1 Å². The molecule has 0 bridgehead atoms. The summed E-state index contributed by atoms with van der Waals surface area (Å²) in [5, 5.41) is 14.1. The van der Waals surface area contributed by atoms with E-state index in [0.717, 1.165) is 6.54 Å². The van der Waals surface area contributed by atoms with Gasteiger partial charge in [0.15, 0.2) is 0 Å². The van der Waals surface area contributed by atoms with Crippen LogP contribution in [0.4, 0.5) is 11.5 Å². The highest BCUT2D eigenvalue weighted by molar-refractivity contribution is 6.28. The highest BCUT2D eigenvalue weighted by atomic mass is 35.5. The average molecular weight is 314 g/mol. The number of hydrogen-bond acceptors (Lipinski definition) is 6. The molecule has 8 heteroatoms. The van der Waals surface area contributed by atoms with Crippen LogP contribution in [0.1, 0.15) is 31.4 Å². The topological polar surface area (TPSA) is 84.2 Å². The number of likely N-dealkylation sites (N-methyl/N-ethyl adjacent to an activating group) is 1. The van der Waals surface area contributed by atoms with Gasteiger partial charge in [-0.1, -0.05) is 12.8 Å². The number of hydrogen-bond donors (Lipinski definition) is 1. The van der Waals surface area contributed by atoms with Crippen molar-refractivity contribution in [3.63, 3.8) is 0 Å². The zero-order valence-electron chi connectivity index (χ0n) is 12.3. The van der Waals surface area contributed by atoms with Crippen LogP contribution in [0.15, 0.2) is 0 Å². The SMILES string of the molecule is Cc1nc(Cl)nc(NCCN(C)C2CCCC2)c1[N+](=O)[O-]. The number of aromatic nitrogens is 2. The van der Waals surface area contributed by atoms with Crippen molar-refractivity contribution in [2.24, 2.45) is 0 Å². The maximum atomic E-state index is 11.1. The lowest BCUT2D eigenvalue weighted by molar-refractivity contribution is -0.385. The summed E-state index contributed by atoms with van der Waals surface area (Å²) in [5.41, 5.74) is 0.162. The summed E-state index contributed by atoms with van der Waals surface area (Å²) in [6.45, 7) is 2.95. The number of anilines is 1. The van der Waals surface area contributed by atoms with Crippen molar-refractivity contribution in [1.82, 2.24) is 14.9 Å². The molecule has 21 heavy (non-hydrogen) atoms. The molecule has 0 aromatic carbocycles. The molecule has 0 amide bonds. The Kier molecular flexibility index (Phi) is 5.30. The van der Waals surface area contributed by atoms with Crippen LogP contribution in [0.3, 0.4) is 0 Å². The van der Waals surface area contributed by atoms with Gasteiger partial charge in [-0.05, 0) is 38.4 Å². The van der Waals surface area contributed by atoms with Gasteiger partial charge < -0.3 is 10.2 Å². The van der Waals surface area contributed by atoms with E-state index in [-0.39, 0.29) is 22.5 Å². The number of nitro groups is 1. The molecular weight excluding hydrogens is 294 g/mol. The third kappa shape index (κ3) is 4.01. The van der Waals surface area contributed by atoms with Gasteiger partial charge in [0, 0.05) is 19.1 Å². The Morgan fingerprint density at radius 1 is 1.43 bits per heavy atom. The predicted octanol–water partition coefficient (Wildman–Crippen LogP) is 2.63. The lowest BCUT2D eigenvalue weighted by atomic mass is 10.2. The van der Waals surface area contributed by atoms with Crippen LogP contribution < -0.4 is 5.32 Å². The second-order valence-electron chi connectivity index (χ2n) is 5.38. The molecule has 1 aromatic rings. The van der Waals surface area contributed by atoms with Crippen LogP contribution >= 0.6 is 11.6 Å². The van der Waals surface area contributed by atoms with E-state index in [2.05, 4.69) is 27.2 Å². The summed E-state index contributed by atoms with van der Waals surface area (Å²) in [6, 6.07) is 0.623. The van der Waals surface area contributed by atoms with Crippen molar-refractivity contribution in [2.45, 2.75) is 38.6 Å². The smallest absolute Gasteiger partial charge is 0.332 e. The highest BCUT2D eigenvalue weighted by Gasteiger charge is 2.22. The number of aryl methyl sites for hydroxylation is 1. The first-order chi connectivity index (χ1) is 9.99. The van der Waals surface area contributed by atoms with E-state index in [0.29, 0.717) is 12.6 Å². The average Bonchev–Trinajstić information content (AvgIpc) is 2.91. The highest BCUT2D eigenvalue weighted by Crippen LogP contribution is 2.26. The molecule has 0 unspecified atom stereocenters. The number of halogens is 1. The number of rotatable bonds is 6. The van der Waals surface area contributed by atoms with Crippen LogP contribution in [0.25, 0.3) is 0 Å². The summed E-state index contributed by atoms with van der Waals surface area (Å²) in [7, 11) is 2.09. The molecule has 0 radical (unpaired) electrons. The molecule has 2 rings (SSSR count). The molecule has 0 atom stereocenters. The molecule has 7 nitrogen and oxygen atoms in total. The fourth-order valence-corrected chi connectivity index (χ4v) is 2.96. The van der Waals surface area contributed by atoms with E-state index in [1.54, 1.807) is 6.92 Å². The molecule has 116 valence electrons. The zero-order chi connectivity index (χ0) is 15.4. The minimum absolute atomic E-state index is 0.0183. The van der Waals surface area contributed by atoms with Gasteiger partial charge in [-0.2, -0.15) is 4.98 Å². The maximum absolute atomic E-state index is 11.1. The molecule has 0 spiro atoms. The minimum atomic E-state index is -0.478. The fourth-order valence-electron chi connectivity index (χ4n) is 2.75. The van der Waals surface area contributed by atoms with Gasteiger partial charge in [0.1, 0.15) is 5.69 Å². The van der Waals surface area contributed by atoms with Crippen molar-refractivity contribution in [3.8, 4) is 0 Å². The van der Waals surface area contributed by atoms with E-state index in [4.69, 9.17) is 11.6 Å². The summed E-state index contributed by atoms with van der Waals surface area (Å²) in [5.74, 6) is 0.192. The summed E-state index contributed by atoms with van der Waals surface area (Å²) < 4.78 is 0. The van der Waals surface area contributed by atoms with Crippen molar-refractivity contribution in [2.75, 3.05) is 25.5 Å². The van der Waals surface area contributed by atoms with Crippen molar-refractivity contribution in [3.05, 3.63) is 21.1 Å². The Labute approximate surface area is 128 Å². The first-order valence-corrected chi connectivity index (χ1v) is 7.49. The summed E-state index contributed by atoms with van der Waals surface area (Å²) in [4.78, 5) is 20.7. The Bertz CT molecular complexity index is 520. The Morgan fingerprint density at radius 3 is 2.71 bits per heavy atom. The van der Waals surface area contributed by atoms with Gasteiger partial charge in [-0.25, -0.2) is 4.98 Å². The molecule has 1 N–H and O–H groups in total. The van der Waals surface area contributed by atoms with Crippen LogP contribution in [0.5, 0.6) is 0 Å². The van der Waals surface area contributed by atoms with Crippen molar-refractivity contribution < 1.29 is 4.92 Å². The first kappa shape index (κ1) is 15.9. The van der Waals surface area contributed by atoms with Gasteiger partial charge in [0.2, 0.25) is 11.1 Å². The Balaban J connectivity index is 1.97. The molecule has 1 aliphatic rings. The van der Waals surface area contributed by atoms with E-state index in [1.165, 1.54) is 25.7 Å². The molecule has 1 heterocycles. The first-order valence-electron chi connectivity index (χ1n) is 7.11. The molecule has 0 aliphatic heterocycles. The summed E-state index contributed by atoms with van der Waals surface area (Å²) >= 11 is 5.78. The lowest BCUT2D eigenvalue weighted by Gasteiger charge is -2.24. The standard InChI is InChI=1S/C13H20ClN5O2/c1-9-11(19(20)21)12(17-13(14)16-9)15-7-8-18(2)10-5-3-4-6-10/h10H,3-8H2,1-2H3,(H,15,16,17). The van der Waals surface area contributed by atoms with Gasteiger partial charge in [0.25, 0.3) is 0 Å². The molecule has 1 aliphatic carbocycles. The Hall–Kier alpha value is -1.47. The molecule has 1 fully saturated rings. The van der Waals surface area contributed by atoms with E-state index in [1.807, 2.05) is 0 Å². The van der Waals surface area contributed by atoms with Crippen molar-refractivity contribution in [1.29, 1.82) is 0 Å². The van der Waals surface area contributed by atoms with Gasteiger partial charge in [-0.15, -0.1) is 0 Å². The Morgan fingerprint density at radius 2 is 2.10 bits per heavy atom. The minimum Gasteiger partial charge on any atom is -0.363 e. The summed E-state index contributed by atoms with van der Waals surface area (Å²) in [6.07, 6.45) is 5.04. The normalized spacial score (nSPS) is 15.6. The molecule has 1 saturated carbocycles. The van der Waals surface area contributed by atoms with Gasteiger partial charge in [0.05, 0.1) is 4.92 Å². The number of nitrogens with one attached hydrogen (secondary N) is 1. The molecule has 1 aromatic heterocycles. The van der Waals surface area contributed by atoms with Crippen molar-refractivity contribution >= 4 is 23.1 Å². The largest absolute Gasteiger partial charge is 0.363 e. The fraction of sp³-hybridized carbons (Fsp3) is 0.692. The second kappa shape index (κ2) is 7.00.